The molecule has 10 aromatic rings. The van der Waals surface area contributed by atoms with Crippen LogP contribution in [0.3, 0.4) is 0 Å². The van der Waals surface area contributed by atoms with Crippen LogP contribution in [0, 0.1) is 0 Å². The summed E-state index contributed by atoms with van der Waals surface area (Å²) in [5, 5.41) is 2.49. The molecule has 0 aliphatic heterocycles. The summed E-state index contributed by atoms with van der Waals surface area (Å²) in [5.74, 6) is 1.95. The van der Waals surface area contributed by atoms with Crippen LogP contribution >= 0.6 is 11.3 Å². The van der Waals surface area contributed by atoms with E-state index < -0.39 is 0 Å². The number of hydrogen-bond acceptors (Lipinski definition) is 4. The van der Waals surface area contributed by atoms with Crippen molar-refractivity contribution in [2.24, 2.45) is 0 Å². The molecule has 0 atom stereocenters. The number of aromatic nitrogens is 3. The smallest absolute Gasteiger partial charge is 0.164 e. The first-order chi connectivity index (χ1) is 27.2. The Balaban J connectivity index is 1.18. The molecule has 0 saturated heterocycles. The van der Waals surface area contributed by atoms with Gasteiger partial charge < -0.3 is 0 Å². The molecule has 2 heterocycles. The molecule has 2 aromatic heterocycles. The van der Waals surface area contributed by atoms with E-state index in [1.807, 2.05) is 47.7 Å². The summed E-state index contributed by atoms with van der Waals surface area (Å²) in [7, 11) is 0. The van der Waals surface area contributed by atoms with Crippen molar-refractivity contribution in [1.82, 2.24) is 15.0 Å². The van der Waals surface area contributed by atoms with Gasteiger partial charge in [-0.05, 0) is 87.0 Å². The molecule has 0 radical (unpaired) electrons. The summed E-state index contributed by atoms with van der Waals surface area (Å²) in [6.45, 7) is 0. The van der Waals surface area contributed by atoms with Crippen LogP contribution in [0.4, 0.5) is 0 Å². The number of thiophene rings is 1. The average molecular weight is 720 g/mol. The molecule has 0 amide bonds. The monoisotopic (exact) mass is 719 g/mol. The molecule has 0 aliphatic carbocycles. The molecule has 0 N–H and O–H groups in total. The summed E-state index contributed by atoms with van der Waals surface area (Å²) >= 11 is 1.81. The Morgan fingerprint density at radius 3 is 1.25 bits per heavy atom. The van der Waals surface area contributed by atoms with E-state index in [0.717, 1.165) is 33.4 Å². The molecule has 4 heteroatoms. The first-order valence-electron chi connectivity index (χ1n) is 18.4. The quantitative estimate of drug-likeness (QED) is 0.165. The summed E-state index contributed by atoms with van der Waals surface area (Å²) in [6, 6.07) is 70.7. The Bertz CT molecular complexity index is 2840. The van der Waals surface area contributed by atoms with E-state index in [-0.39, 0.29) is 0 Å². The fraction of sp³-hybridized carbons (Fsp3) is 0. The lowest BCUT2D eigenvalue weighted by Crippen LogP contribution is -2.00. The molecule has 0 unspecified atom stereocenters. The molecule has 258 valence electrons. The topological polar surface area (TPSA) is 38.7 Å². The number of fused-ring (bicyclic) bond motifs is 3. The van der Waals surface area contributed by atoms with Gasteiger partial charge in [-0.1, -0.05) is 158 Å². The van der Waals surface area contributed by atoms with Crippen molar-refractivity contribution >= 4 is 31.5 Å². The molecule has 0 saturated carbocycles. The zero-order valence-electron chi connectivity index (χ0n) is 29.8. The minimum absolute atomic E-state index is 0.646. The zero-order valence-corrected chi connectivity index (χ0v) is 30.6. The number of nitrogens with zero attached hydrogens (tertiary/aromatic N) is 3. The molecule has 0 spiro atoms. The minimum atomic E-state index is 0.646. The fourth-order valence-corrected chi connectivity index (χ4v) is 8.58. The van der Waals surface area contributed by atoms with E-state index in [9.17, 15) is 0 Å². The Morgan fingerprint density at radius 2 is 0.691 bits per heavy atom. The summed E-state index contributed by atoms with van der Waals surface area (Å²) in [6.07, 6.45) is 0. The Labute approximate surface area is 323 Å². The molecule has 10 rings (SSSR count). The largest absolute Gasteiger partial charge is 0.208 e. The molecule has 0 aliphatic rings. The number of hydrogen-bond donors (Lipinski definition) is 0. The van der Waals surface area contributed by atoms with Gasteiger partial charge in [-0.3, -0.25) is 0 Å². The van der Waals surface area contributed by atoms with E-state index >= 15 is 0 Å². The molecule has 55 heavy (non-hydrogen) atoms. The maximum atomic E-state index is 5.12. The van der Waals surface area contributed by atoms with Crippen LogP contribution in [0.1, 0.15) is 0 Å². The van der Waals surface area contributed by atoms with Crippen molar-refractivity contribution in [3.63, 3.8) is 0 Å². The molecular formula is C51H33N3S. The predicted octanol–water partition coefficient (Wildman–Crippen LogP) is 13.9. The standard InChI is InChI=1S/C51H33N3S/c1-5-16-34(17-6-1)40-29-41(35-18-7-2-8-19-35)31-42(30-40)38-24-15-25-39(28-38)45-32-43(33-47-48(45)44-26-13-14-27-46(44)55-47)51-53-49(36-20-9-3-10-21-36)52-50(54-51)37-22-11-4-12-23-37/h1-33H. The van der Waals surface area contributed by atoms with E-state index in [1.165, 1.54) is 48.0 Å². The van der Waals surface area contributed by atoms with Gasteiger partial charge in [0.2, 0.25) is 0 Å². The highest BCUT2D eigenvalue weighted by Crippen LogP contribution is 2.44. The Morgan fingerprint density at radius 1 is 0.273 bits per heavy atom. The minimum Gasteiger partial charge on any atom is -0.208 e. The van der Waals surface area contributed by atoms with E-state index in [2.05, 4.69) is 164 Å². The normalized spacial score (nSPS) is 11.3. The fourth-order valence-electron chi connectivity index (χ4n) is 7.40. The van der Waals surface area contributed by atoms with Crippen LogP contribution in [0.15, 0.2) is 200 Å². The van der Waals surface area contributed by atoms with Crippen LogP contribution in [0.25, 0.3) is 98.8 Å². The highest BCUT2D eigenvalue weighted by Gasteiger charge is 2.18. The third-order valence-corrected chi connectivity index (χ3v) is 11.2. The van der Waals surface area contributed by atoms with Gasteiger partial charge in [0.25, 0.3) is 0 Å². The van der Waals surface area contributed by atoms with E-state index in [1.54, 1.807) is 0 Å². The first kappa shape index (κ1) is 32.6. The number of benzene rings is 8. The summed E-state index contributed by atoms with van der Waals surface area (Å²) in [5.41, 5.74) is 12.2. The lowest BCUT2D eigenvalue weighted by atomic mass is 9.91. The lowest BCUT2D eigenvalue weighted by molar-refractivity contribution is 1.07. The summed E-state index contributed by atoms with van der Waals surface area (Å²) in [4.78, 5) is 15.2. The molecular weight excluding hydrogens is 687 g/mol. The maximum absolute atomic E-state index is 5.12. The van der Waals surface area contributed by atoms with Gasteiger partial charge in [-0.25, -0.2) is 15.0 Å². The maximum Gasteiger partial charge on any atom is 0.164 e. The second-order valence-electron chi connectivity index (χ2n) is 13.6. The van der Waals surface area contributed by atoms with Gasteiger partial charge in [0.05, 0.1) is 0 Å². The van der Waals surface area contributed by atoms with Crippen molar-refractivity contribution in [3.8, 4) is 78.7 Å². The Kier molecular flexibility index (Phi) is 8.36. The molecule has 0 bridgehead atoms. The highest BCUT2D eigenvalue weighted by atomic mass is 32.1. The highest BCUT2D eigenvalue weighted by molar-refractivity contribution is 7.26. The van der Waals surface area contributed by atoms with Crippen molar-refractivity contribution in [1.29, 1.82) is 0 Å². The van der Waals surface area contributed by atoms with Gasteiger partial charge in [0.15, 0.2) is 17.5 Å². The number of rotatable bonds is 7. The third kappa shape index (κ3) is 6.39. The van der Waals surface area contributed by atoms with Gasteiger partial charge in [-0.15, -0.1) is 11.3 Å². The molecule has 8 aromatic carbocycles. The van der Waals surface area contributed by atoms with Crippen molar-refractivity contribution in [2.45, 2.75) is 0 Å². The van der Waals surface area contributed by atoms with Crippen molar-refractivity contribution < 1.29 is 0 Å². The second-order valence-corrected chi connectivity index (χ2v) is 14.7. The van der Waals surface area contributed by atoms with Crippen molar-refractivity contribution in [2.75, 3.05) is 0 Å². The van der Waals surface area contributed by atoms with Gasteiger partial charge in [0.1, 0.15) is 0 Å². The van der Waals surface area contributed by atoms with E-state index in [4.69, 9.17) is 15.0 Å². The van der Waals surface area contributed by atoms with E-state index in [0.29, 0.717) is 17.5 Å². The second kappa shape index (κ2) is 14.1. The van der Waals surface area contributed by atoms with Crippen LogP contribution in [0.2, 0.25) is 0 Å². The zero-order chi connectivity index (χ0) is 36.6. The summed E-state index contributed by atoms with van der Waals surface area (Å²) < 4.78 is 2.44. The predicted molar refractivity (Wildman–Crippen MR) is 231 cm³/mol. The van der Waals surface area contributed by atoms with Crippen LogP contribution < -0.4 is 0 Å². The molecule has 3 nitrogen and oxygen atoms in total. The third-order valence-electron chi connectivity index (χ3n) is 10.1. The van der Waals surface area contributed by atoms with Gasteiger partial charge >= 0.3 is 0 Å². The van der Waals surface area contributed by atoms with Crippen molar-refractivity contribution in [3.05, 3.63) is 200 Å². The van der Waals surface area contributed by atoms with Crippen LogP contribution in [0.5, 0.6) is 0 Å². The SMILES string of the molecule is c1ccc(-c2cc(-c3ccccc3)cc(-c3cccc(-c4cc(-c5nc(-c6ccccc6)nc(-c6ccccc6)n5)cc5sc6ccccc6c45)c3)c2)cc1. The molecule has 0 fully saturated rings. The van der Waals surface area contributed by atoms with Crippen LogP contribution in [-0.2, 0) is 0 Å². The van der Waals surface area contributed by atoms with Gasteiger partial charge in [0, 0.05) is 36.9 Å². The average Bonchev–Trinajstić information content (AvgIpc) is 3.66. The van der Waals surface area contributed by atoms with Crippen LogP contribution in [-0.4, -0.2) is 15.0 Å². The first-order valence-corrected chi connectivity index (χ1v) is 19.2. The van der Waals surface area contributed by atoms with Gasteiger partial charge in [-0.2, -0.15) is 0 Å². The Hall–Kier alpha value is -7.01. The lowest BCUT2D eigenvalue weighted by Gasteiger charge is -2.14.